The predicted molar refractivity (Wildman–Crippen MR) is 215 cm³/mol. The van der Waals surface area contributed by atoms with Crippen LogP contribution in [0.2, 0.25) is 0 Å². The van der Waals surface area contributed by atoms with E-state index in [2.05, 4.69) is 168 Å². The van der Waals surface area contributed by atoms with Gasteiger partial charge < -0.3 is 8.98 Å². The van der Waals surface area contributed by atoms with Gasteiger partial charge in [0.1, 0.15) is 11.2 Å². The standard InChI is InChI=1S/C49H30N2O/c50-31-32-9-6-12-35(27-32)36-13-7-14-39(28-36)41-16-8-18-48-49(41)44-30-38(22-26-47(44)52-48)37-21-25-46-43(29-37)42-15-4-5-17-45(42)51(46)40-23-19-34(20-24-40)33-10-2-1-3-11-33/h1-30H. The Morgan fingerprint density at radius 1 is 0.404 bits per heavy atom. The first-order chi connectivity index (χ1) is 25.7. The number of hydrogen-bond donors (Lipinski definition) is 0. The number of rotatable bonds is 5. The van der Waals surface area contributed by atoms with Crippen LogP contribution in [0.25, 0.3) is 93.9 Å². The third-order valence-corrected chi connectivity index (χ3v) is 10.2. The minimum absolute atomic E-state index is 0.651. The van der Waals surface area contributed by atoms with E-state index in [-0.39, 0.29) is 0 Å². The topological polar surface area (TPSA) is 41.9 Å². The molecule has 0 bridgehead atoms. The van der Waals surface area contributed by atoms with Crippen molar-refractivity contribution in [3.05, 3.63) is 188 Å². The monoisotopic (exact) mass is 662 g/mol. The molecule has 242 valence electrons. The van der Waals surface area contributed by atoms with Crippen molar-refractivity contribution >= 4 is 43.7 Å². The lowest BCUT2D eigenvalue weighted by Gasteiger charge is -2.10. The maximum absolute atomic E-state index is 9.47. The molecule has 3 heteroatoms. The maximum Gasteiger partial charge on any atom is 0.136 e. The van der Waals surface area contributed by atoms with Crippen LogP contribution in [0.4, 0.5) is 0 Å². The Labute approximate surface area is 300 Å². The molecule has 0 aliphatic rings. The average Bonchev–Trinajstić information content (AvgIpc) is 3.76. The first-order valence-electron chi connectivity index (χ1n) is 17.5. The lowest BCUT2D eigenvalue weighted by molar-refractivity contribution is 0.669. The van der Waals surface area contributed by atoms with Crippen LogP contribution in [0.15, 0.2) is 186 Å². The average molecular weight is 663 g/mol. The molecule has 0 aliphatic carbocycles. The number of nitrogens with zero attached hydrogens (tertiary/aromatic N) is 2. The highest BCUT2D eigenvalue weighted by Crippen LogP contribution is 2.41. The Bertz CT molecular complexity index is 3010. The van der Waals surface area contributed by atoms with Gasteiger partial charge in [-0.1, -0.05) is 115 Å². The van der Waals surface area contributed by atoms with Crippen molar-refractivity contribution in [2.75, 3.05) is 0 Å². The molecule has 0 spiro atoms. The molecule has 0 N–H and O–H groups in total. The fraction of sp³-hybridized carbons (Fsp3) is 0. The van der Waals surface area contributed by atoms with Crippen molar-refractivity contribution < 1.29 is 4.42 Å². The molecular weight excluding hydrogens is 633 g/mol. The number of benzene rings is 8. The summed E-state index contributed by atoms with van der Waals surface area (Å²) >= 11 is 0. The molecule has 0 unspecified atom stereocenters. The van der Waals surface area contributed by atoms with Crippen LogP contribution >= 0.6 is 0 Å². The number of hydrogen-bond acceptors (Lipinski definition) is 2. The van der Waals surface area contributed by atoms with Gasteiger partial charge in [0.05, 0.1) is 22.7 Å². The summed E-state index contributed by atoms with van der Waals surface area (Å²) in [6.45, 7) is 0. The molecule has 10 rings (SSSR count). The van der Waals surface area contributed by atoms with E-state index in [9.17, 15) is 5.26 Å². The third kappa shape index (κ3) is 4.89. The molecule has 0 aliphatic heterocycles. The Morgan fingerprint density at radius 2 is 1.02 bits per heavy atom. The van der Waals surface area contributed by atoms with Crippen LogP contribution in [0.3, 0.4) is 0 Å². The Hall–Kier alpha value is -7.15. The van der Waals surface area contributed by atoms with Gasteiger partial charge in [-0.3, -0.25) is 0 Å². The minimum Gasteiger partial charge on any atom is -0.456 e. The van der Waals surface area contributed by atoms with Crippen molar-refractivity contribution in [1.82, 2.24) is 4.57 Å². The first-order valence-corrected chi connectivity index (χ1v) is 17.5. The molecule has 3 nitrogen and oxygen atoms in total. The lowest BCUT2D eigenvalue weighted by Crippen LogP contribution is -1.93. The molecule has 0 atom stereocenters. The smallest absolute Gasteiger partial charge is 0.136 e. The number of fused-ring (bicyclic) bond motifs is 6. The van der Waals surface area contributed by atoms with E-state index >= 15 is 0 Å². The summed E-state index contributed by atoms with van der Waals surface area (Å²) in [5.74, 6) is 0. The van der Waals surface area contributed by atoms with Gasteiger partial charge in [0.15, 0.2) is 0 Å². The molecule has 0 radical (unpaired) electrons. The van der Waals surface area contributed by atoms with Crippen LogP contribution < -0.4 is 0 Å². The van der Waals surface area contributed by atoms with Gasteiger partial charge in [-0.25, -0.2) is 0 Å². The highest BCUT2D eigenvalue weighted by Gasteiger charge is 2.17. The van der Waals surface area contributed by atoms with E-state index < -0.39 is 0 Å². The summed E-state index contributed by atoms with van der Waals surface area (Å²) in [6, 6.07) is 66.2. The van der Waals surface area contributed by atoms with E-state index in [4.69, 9.17) is 4.42 Å². The van der Waals surface area contributed by atoms with E-state index in [1.165, 1.54) is 32.9 Å². The largest absolute Gasteiger partial charge is 0.456 e. The molecule has 0 saturated heterocycles. The van der Waals surface area contributed by atoms with Crippen molar-refractivity contribution in [1.29, 1.82) is 5.26 Å². The fourth-order valence-corrected chi connectivity index (χ4v) is 7.75. The van der Waals surface area contributed by atoms with Gasteiger partial charge in [0.2, 0.25) is 0 Å². The van der Waals surface area contributed by atoms with Crippen LogP contribution in [-0.4, -0.2) is 4.57 Å². The zero-order valence-electron chi connectivity index (χ0n) is 28.1. The van der Waals surface area contributed by atoms with Gasteiger partial charge in [-0.15, -0.1) is 0 Å². The zero-order chi connectivity index (χ0) is 34.6. The Kier molecular flexibility index (Phi) is 6.87. The first kappa shape index (κ1) is 29.7. The van der Waals surface area contributed by atoms with Crippen molar-refractivity contribution in [3.8, 4) is 56.3 Å². The SMILES string of the molecule is N#Cc1cccc(-c2cccc(-c3cccc4oc5ccc(-c6ccc7c(c6)c6ccccc6n7-c6ccc(-c7ccccc7)cc6)cc5c34)c2)c1. The number of para-hydroxylation sites is 1. The second-order valence-electron chi connectivity index (χ2n) is 13.3. The van der Waals surface area contributed by atoms with Gasteiger partial charge in [0, 0.05) is 27.2 Å². The third-order valence-electron chi connectivity index (χ3n) is 10.2. The highest BCUT2D eigenvalue weighted by atomic mass is 16.3. The molecule has 2 heterocycles. The zero-order valence-corrected chi connectivity index (χ0v) is 28.1. The highest BCUT2D eigenvalue weighted by molar-refractivity contribution is 6.14. The molecule has 0 amide bonds. The molecule has 0 fully saturated rings. The normalized spacial score (nSPS) is 11.4. The van der Waals surface area contributed by atoms with Gasteiger partial charge in [-0.2, -0.15) is 5.26 Å². The molecule has 10 aromatic rings. The number of furan rings is 1. The second kappa shape index (κ2) is 12.0. The van der Waals surface area contributed by atoms with Crippen LogP contribution in [0.5, 0.6) is 0 Å². The summed E-state index contributed by atoms with van der Waals surface area (Å²) in [7, 11) is 0. The van der Waals surface area contributed by atoms with Crippen molar-refractivity contribution in [3.63, 3.8) is 0 Å². The quantitative estimate of drug-likeness (QED) is 0.184. The summed E-state index contributed by atoms with van der Waals surface area (Å²) in [5, 5.41) is 14.1. The van der Waals surface area contributed by atoms with Crippen molar-refractivity contribution in [2.24, 2.45) is 0 Å². The van der Waals surface area contributed by atoms with E-state index in [0.29, 0.717) is 5.56 Å². The van der Waals surface area contributed by atoms with Crippen LogP contribution in [0.1, 0.15) is 5.56 Å². The Balaban J connectivity index is 1.09. The molecule has 8 aromatic carbocycles. The summed E-state index contributed by atoms with van der Waals surface area (Å²) in [4.78, 5) is 0. The van der Waals surface area contributed by atoms with Gasteiger partial charge in [0.25, 0.3) is 0 Å². The molecule has 0 saturated carbocycles. The van der Waals surface area contributed by atoms with Gasteiger partial charge >= 0.3 is 0 Å². The van der Waals surface area contributed by atoms with E-state index in [0.717, 1.165) is 61.0 Å². The predicted octanol–water partition coefficient (Wildman–Crippen LogP) is 13.2. The Morgan fingerprint density at radius 3 is 1.87 bits per heavy atom. The van der Waals surface area contributed by atoms with Crippen molar-refractivity contribution in [2.45, 2.75) is 0 Å². The molecule has 2 aromatic heterocycles. The van der Waals surface area contributed by atoms with E-state index in [1.807, 2.05) is 24.3 Å². The van der Waals surface area contributed by atoms with Crippen LogP contribution in [0, 0.1) is 11.3 Å². The van der Waals surface area contributed by atoms with Crippen LogP contribution in [-0.2, 0) is 0 Å². The maximum atomic E-state index is 9.47. The van der Waals surface area contributed by atoms with E-state index in [1.54, 1.807) is 0 Å². The minimum atomic E-state index is 0.651. The number of nitriles is 1. The van der Waals surface area contributed by atoms with Gasteiger partial charge in [-0.05, 0) is 111 Å². The summed E-state index contributed by atoms with van der Waals surface area (Å²) < 4.78 is 8.80. The fourth-order valence-electron chi connectivity index (χ4n) is 7.75. The second-order valence-corrected chi connectivity index (χ2v) is 13.3. The molecular formula is C49H30N2O. The summed E-state index contributed by atoms with van der Waals surface area (Å²) in [6.07, 6.45) is 0. The number of aromatic nitrogens is 1. The molecule has 52 heavy (non-hydrogen) atoms. The summed E-state index contributed by atoms with van der Waals surface area (Å²) in [5.41, 5.74) is 14.9. The lowest BCUT2D eigenvalue weighted by atomic mass is 9.94.